The molecule has 1 N–H and O–H groups in total. The highest BCUT2D eigenvalue weighted by atomic mass is 79.9. The molecule has 1 amide bonds. The maximum Gasteiger partial charge on any atom is 0.271 e. The molecule has 0 aliphatic carbocycles. The molecule has 144 valence electrons. The number of halogens is 1. The van der Waals surface area contributed by atoms with Crippen LogP contribution in [0.25, 0.3) is 16.5 Å². The van der Waals surface area contributed by atoms with Crippen molar-refractivity contribution in [1.82, 2.24) is 9.99 Å². The maximum atomic E-state index is 12.5. The van der Waals surface area contributed by atoms with E-state index in [9.17, 15) is 4.79 Å². The summed E-state index contributed by atoms with van der Waals surface area (Å²) in [4.78, 5) is 12.5. The van der Waals surface area contributed by atoms with Crippen LogP contribution in [0.5, 0.6) is 0 Å². The van der Waals surface area contributed by atoms with E-state index in [1.807, 2.05) is 61.5 Å². The van der Waals surface area contributed by atoms with Gasteiger partial charge >= 0.3 is 0 Å². The van der Waals surface area contributed by atoms with Gasteiger partial charge in [-0.05, 0) is 67.1 Å². The summed E-state index contributed by atoms with van der Waals surface area (Å²) < 4.78 is 3.21. The van der Waals surface area contributed by atoms with Gasteiger partial charge in [0.15, 0.2) is 0 Å². The smallest absolute Gasteiger partial charge is 0.271 e. The summed E-state index contributed by atoms with van der Waals surface area (Å²) in [5, 5.41) is 6.31. The molecule has 0 radical (unpaired) electrons. The molecule has 0 atom stereocenters. The second-order valence-corrected chi connectivity index (χ2v) is 7.82. The van der Waals surface area contributed by atoms with Crippen molar-refractivity contribution in [3.05, 3.63) is 99.8 Å². The number of rotatable bonds is 4. The number of carbonyl (C=O) groups is 1. The largest absolute Gasteiger partial charge is 0.318 e. The third-order valence-corrected chi connectivity index (χ3v) is 5.47. The van der Waals surface area contributed by atoms with Crippen molar-refractivity contribution in [2.75, 3.05) is 0 Å². The molecular formula is C24H20BrN3O. The number of nitrogens with zero attached hydrogens (tertiary/aromatic N) is 2. The summed E-state index contributed by atoms with van der Waals surface area (Å²) in [7, 11) is 0. The number of nitrogens with one attached hydrogen (secondary N) is 1. The first kappa shape index (κ1) is 19.2. The summed E-state index contributed by atoms with van der Waals surface area (Å²) in [5.74, 6) is -0.228. The lowest BCUT2D eigenvalue weighted by Gasteiger charge is -2.09. The van der Waals surface area contributed by atoms with Gasteiger partial charge in [-0.2, -0.15) is 5.10 Å². The van der Waals surface area contributed by atoms with Crippen molar-refractivity contribution in [2.45, 2.75) is 13.8 Å². The van der Waals surface area contributed by atoms with Crippen LogP contribution >= 0.6 is 15.9 Å². The highest BCUT2D eigenvalue weighted by Gasteiger charge is 2.10. The molecule has 1 aromatic heterocycles. The Labute approximate surface area is 178 Å². The number of hydrogen-bond donors (Lipinski definition) is 1. The number of hydrogen-bond acceptors (Lipinski definition) is 2. The highest BCUT2D eigenvalue weighted by Crippen LogP contribution is 2.21. The molecule has 0 aliphatic heterocycles. The van der Waals surface area contributed by atoms with E-state index in [1.54, 1.807) is 6.21 Å². The minimum absolute atomic E-state index is 0.228. The zero-order chi connectivity index (χ0) is 20.4. The van der Waals surface area contributed by atoms with E-state index < -0.39 is 0 Å². The fourth-order valence-electron chi connectivity index (χ4n) is 3.46. The van der Waals surface area contributed by atoms with Crippen LogP contribution in [0.1, 0.15) is 27.3 Å². The second-order valence-electron chi connectivity index (χ2n) is 6.90. The number of carbonyl (C=O) groups excluding carboxylic acids is 1. The lowest BCUT2D eigenvalue weighted by Crippen LogP contribution is -2.17. The predicted octanol–water partition coefficient (Wildman–Crippen LogP) is 5.77. The highest BCUT2D eigenvalue weighted by molar-refractivity contribution is 9.10. The number of aromatic nitrogens is 1. The Morgan fingerprint density at radius 2 is 1.69 bits per heavy atom. The summed E-state index contributed by atoms with van der Waals surface area (Å²) in [6.07, 6.45) is 1.69. The van der Waals surface area contributed by atoms with Gasteiger partial charge in [0.05, 0.1) is 6.21 Å². The maximum absolute atomic E-state index is 12.5. The lowest BCUT2D eigenvalue weighted by atomic mass is 10.1. The third kappa shape index (κ3) is 4.00. The quantitative estimate of drug-likeness (QED) is 0.314. The number of aryl methyl sites for hydroxylation is 1. The Hall–Kier alpha value is -3.18. The van der Waals surface area contributed by atoms with Gasteiger partial charge in [0.2, 0.25) is 0 Å². The SMILES string of the molecule is Cc1cc(C=NNC(=O)c2ccc3ccccc3c2)c(C)n1-c1ccc(Br)cc1. The van der Waals surface area contributed by atoms with E-state index in [0.29, 0.717) is 5.56 Å². The first-order chi connectivity index (χ1) is 14.0. The molecule has 4 nitrogen and oxygen atoms in total. The Morgan fingerprint density at radius 3 is 2.45 bits per heavy atom. The second kappa shape index (κ2) is 8.05. The Morgan fingerprint density at radius 1 is 0.966 bits per heavy atom. The Balaban J connectivity index is 1.52. The van der Waals surface area contributed by atoms with Crippen LogP contribution in [0, 0.1) is 13.8 Å². The molecule has 0 saturated carbocycles. The molecule has 0 unspecified atom stereocenters. The van der Waals surface area contributed by atoms with Gasteiger partial charge in [-0.25, -0.2) is 5.43 Å². The third-order valence-electron chi connectivity index (χ3n) is 4.94. The van der Waals surface area contributed by atoms with Gasteiger partial charge in [0, 0.05) is 32.7 Å². The van der Waals surface area contributed by atoms with Crippen LogP contribution in [0.4, 0.5) is 0 Å². The van der Waals surface area contributed by atoms with Gasteiger partial charge in [-0.3, -0.25) is 4.79 Å². The molecule has 0 aliphatic rings. The van der Waals surface area contributed by atoms with E-state index >= 15 is 0 Å². The van der Waals surface area contributed by atoms with E-state index in [2.05, 4.69) is 56.1 Å². The molecule has 1 heterocycles. The standard InChI is InChI=1S/C24H20BrN3O/c1-16-13-21(17(2)28(16)23-11-9-22(25)10-12-23)15-26-27-24(29)20-8-7-18-5-3-4-6-19(18)14-20/h3-15H,1-2H3,(H,27,29). The number of benzene rings is 3. The van der Waals surface area contributed by atoms with Crippen molar-refractivity contribution >= 4 is 38.8 Å². The summed E-state index contributed by atoms with van der Waals surface area (Å²) in [5.41, 5.74) is 7.43. The molecule has 0 bridgehead atoms. The van der Waals surface area contributed by atoms with Gasteiger partial charge in [-0.15, -0.1) is 0 Å². The zero-order valence-corrected chi connectivity index (χ0v) is 17.8. The van der Waals surface area contributed by atoms with E-state index in [1.165, 1.54) is 0 Å². The molecule has 0 spiro atoms. The van der Waals surface area contributed by atoms with Crippen LogP contribution in [0.2, 0.25) is 0 Å². The Bertz CT molecular complexity index is 1220. The van der Waals surface area contributed by atoms with E-state index in [4.69, 9.17) is 0 Å². The average Bonchev–Trinajstić information content (AvgIpc) is 3.01. The molecule has 0 saturated heterocycles. The van der Waals surface area contributed by atoms with Crippen molar-refractivity contribution < 1.29 is 4.79 Å². The fourth-order valence-corrected chi connectivity index (χ4v) is 3.73. The first-order valence-corrected chi connectivity index (χ1v) is 10.1. The molecule has 0 fully saturated rings. The van der Waals surface area contributed by atoms with Gasteiger partial charge in [0.25, 0.3) is 5.91 Å². The normalized spacial score (nSPS) is 11.3. The zero-order valence-electron chi connectivity index (χ0n) is 16.2. The van der Waals surface area contributed by atoms with Crippen LogP contribution < -0.4 is 5.43 Å². The van der Waals surface area contributed by atoms with Crippen molar-refractivity contribution in [3.63, 3.8) is 0 Å². The molecular weight excluding hydrogens is 426 g/mol. The minimum Gasteiger partial charge on any atom is -0.318 e. The fraction of sp³-hybridized carbons (Fsp3) is 0.0833. The molecule has 29 heavy (non-hydrogen) atoms. The topological polar surface area (TPSA) is 46.4 Å². The van der Waals surface area contributed by atoms with Gasteiger partial charge in [-0.1, -0.05) is 46.3 Å². The molecule has 4 aromatic rings. The monoisotopic (exact) mass is 445 g/mol. The van der Waals surface area contributed by atoms with Crippen LogP contribution in [0.3, 0.4) is 0 Å². The molecule has 5 heteroatoms. The average molecular weight is 446 g/mol. The number of hydrazone groups is 1. The van der Waals surface area contributed by atoms with Crippen molar-refractivity contribution in [2.24, 2.45) is 5.10 Å². The number of fused-ring (bicyclic) bond motifs is 1. The Kier molecular flexibility index (Phi) is 5.32. The van der Waals surface area contributed by atoms with E-state index in [0.717, 1.165) is 37.9 Å². The minimum atomic E-state index is -0.228. The number of amides is 1. The van der Waals surface area contributed by atoms with Crippen LogP contribution in [-0.2, 0) is 0 Å². The van der Waals surface area contributed by atoms with Crippen LogP contribution in [-0.4, -0.2) is 16.7 Å². The molecule has 4 rings (SSSR count). The van der Waals surface area contributed by atoms with Crippen LogP contribution in [0.15, 0.2) is 82.4 Å². The van der Waals surface area contributed by atoms with E-state index in [-0.39, 0.29) is 5.91 Å². The van der Waals surface area contributed by atoms with Crippen molar-refractivity contribution in [3.8, 4) is 5.69 Å². The summed E-state index contributed by atoms with van der Waals surface area (Å²) >= 11 is 3.47. The van der Waals surface area contributed by atoms with Gasteiger partial charge < -0.3 is 4.57 Å². The predicted molar refractivity (Wildman–Crippen MR) is 122 cm³/mol. The first-order valence-electron chi connectivity index (χ1n) is 9.30. The lowest BCUT2D eigenvalue weighted by molar-refractivity contribution is 0.0955. The molecule has 3 aromatic carbocycles. The van der Waals surface area contributed by atoms with Crippen molar-refractivity contribution in [1.29, 1.82) is 0 Å². The van der Waals surface area contributed by atoms with Gasteiger partial charge in [0.1, 0.15) is 0 Å². The summed E-state index contributed by atoms with van der Waals surface area (Å²) in [6.45, 7) is 4.10. The summed E-state index contributed by atoms with van der Waals surface area (Å²) in [6, 6.07) is 23.8.